The molecule has 1 aliphatic heterocycles. The summed E-state index contributed by atoms with van der Waals surface area (Å²) in [7, 11) is 0. The van der Waals surface area contributed by atoms with Crippen molar-refractivity contribution in [2.24, 2.45) is 22.5 Å². The summed E-state index contributed by atoms with van der Waals surface area (Å²) in [5, 5.41) is 29.2. The molecule has 1 heterocycles. The van der Waals surface area contributed by atoms with Gasteiger partial charge in [-0.15, -0.1) is 0 Å². The zero-order valence-electron chi connectivity index (χ0n) is 38.4. The van der Waals surface area contributed by atoms with E-state index in [-0.39, 0.29) is 48.3 Å². The number of esters is 5. The molecule has 2 bridgehead atoms. The molecule has 3 aromatic rings. The first-order valence-electron chi connectivity index (χ1n) is 22.2. The van der Waals surface area contributed by atoms with Gasteiger partial charge >= 0.3 is 29.8 Å². The number of aliphatic hydroxyl groups excluding tert-OH is 1. The molecule has 2 saturated carbocycles. The van der Waals surface area contributed by atoms with E-state index in [0.29, 0.717) is 10.6 Å². The van der Waals surface area contributed by atoms with Crippen LogP contribution in [0, 0.1) is 16.7 Å². The van der Waals surface area contributed by atoms with Gasteiger partial charge in [0.25, 0.3) is 5.91 Å². The van der Waals surface area contributed by atoms with Crippen LogP contribution in [-0.2, 0) is 52.4 Å². The molecule has 3 aliphatic carbocycles. The monoisotopic (exact) mass is 958 g/mol. The number of nitrogens with two attached hydrogens (primary N) is 1. The fraction of sp³-hybridized carbons (Fsp3) is 0.460. The Morgan fingerprint density at radius 3 is 2.09 bits per heavy atom. The van der Waals surface area contributed by atoms with Crippen LogP contribution < -0.4 is 11.1 Å². The molecule has 0 unspecified atom stereocenters. The highest BCUT2D eigenvalue weighted by Gasteiger charge is 2.78. The molecule has 1 amide bonds. The van der Waals surface area contributed by atoms with Crippen LogP contribution in [0.1, 0.15) is 93.1 Å². The second kappa shape index (κ2) is 19.2. The minimum atomic E-state index is -2.46. The van der Waals surface area contributed by atoms with Gasteiger partial charge in [0, 0.05) is 49.2 Å². The summed E-state index contributed by atoms with van der Waals surface area (Å²) in [6, 6.07) is 20.4. The largest absolute Gasteiger partial charge is 0.455 e. The van der Waals surface area contributed by atoms with Gasteiger partial charge in [-0.2, -0.15) is 0 Å². The van der Waals surface area contributed by atoms with Crippen molar-refractivity contribution in [1.29, 1.82) is 0 Å². The van der Waals surface area contributed by atoms with Crippen LogP contribution in [0.15, 0.2) is 96.1 Å². The van der Waals surface area contributed by atoms with Gasteiger partial charge in [-0.3, -0.25) is 24.0 Å². The topological polar surface area (TPSA) is 253 Å². The van der Waals surface area contributed by atoms with E-state index in [2.05, 4.69) is 5.32 Å². The number of nitrogens with one attached hydrogen (secondary N) is 1. The summed E-state index contributed by atoms with van der Waals surface area (Å²) >= 11 is 6.09. The van der Waals surface area contributed by atoms with Crippen molar-refractivity contribution in [1.82, 2.24) is 5.32 Å². The lowest BCUT2D eigenvalue weighted by Gasteiger charge is -2.67. The van der Waals surface area contributed by atoms with E-state index >= 15 is 9.59 Å². The number of halogens is 1. The summed E-state index contributed by atoms with van der Waals surface area (Å²) in [6.45, 7) is 7.69. The van der Waals surface area contributed by atoms with Gasteiger partial charge < -0.3 is 49.7 Å². The smallest absolute Gasteiger partial charge is 0.350 e. The first kappa shape index (κ1) is 49.9. The van der Waals surface area contributed by atoms with Crippen LogP contribution in [0.4, 0.5) is 0 Å². The third-order valence-electron chi connectivity index (χ3n) is 14.1. The molecular weight excluding hydrogens is 904 g/mol. The molecule has 0 aromatic heterocycles. The number of hydrogen-bond donors (Lipinski definition) is 4. The first-order valence-corrected chi connectivity index (χ1v) is 22.6. The lowest BCUT2D eigenvalue weighted by atomic mass is 9.44. The Hall–Kier alpha value is -5.98. The number of hydrogen-bond acceptors (Lipinski definition) is 16. The molecule has 18 heteroatoms. The highest BCUT2D eigenvalue weighted by molar-refractivity contribution is 6.30. The number of amides is 1. The summed E-state index contributed by atoms with van der Waals surface area (Å²) in [5.41, 5.74) is -1.79. The molecular formula is C50H55ClN2O15. The number of Topliss-reactive ketones (excluding diaryl/α,β-unsaturated/α-hetero) is 1. The summed E-state index contributed by atoms with van der Waals surface area (Å²) in [4.78, 5) is 98.5. The molecule has 3 aromatic carbocycles. The Balaban J connectivity index is 1.42. The Labute approximate surface area is 397 Å². The van der Waals surface area contributed by atoms with Crippen molar-refractivity contribution in [2.75, 3.05) is 13.2 Å². The van der Waals surface area contributed by atoms with Gasteiger partial charge in [0.2, 0.25) is 6.10 Å². The zero-order chi connectivity index (χ0) is 49.5. The Bertz CT molecular complexity index is 2500. The maximum absolute atomic E-state index is 15.7. The molecule has 0 spiro atoms. The highest BCUT2D eigenvalue weighted by Crippen LogP contribution is 2.64. The van der Waals surface area contributed by atoms with Crippen LogP contribution >= 0.6 is 11.6 Å². The van der Waals surface area contributed by atoms with Crippen LogP contribution in [0.5, 0.6) is 0 Å². The molecule has 0 radical (unpaired) electrons. The summed E-state index contributed by atoms with van der Waals surface area (Å²) in [6.07, 6.45) is -11.1. The lowest BCUT2D eigenvalue weighted by Crippen LogP contribution is -2.82. The molecule has 7 rings (SSSR count). The molecule has 17 nitrogen and oxygen atoms in total. The molecule has 4 aliphatic rings. The van der Waals surface area contributed by atoms with Gasteiger partial charge in [0.1, 0.15) is 30.0 Å². The maximum atomic E-state index is 15.7. The minimum Gasteiger partial charge on any atom is -0.455 e. The summed E-state index contributed by atoms with van der Waals surface area (Å²) < 4.78 is 36.5. The van der Waals surface area contributed by atoms with E-state index in [1.54, 1.807) is 62.4 Å². The third-order valence-corrected chi connectivity index (χ3v) is 14.4. The second-order valence-corrected chi connectivity index (χ2v) is 18.9. The molecule has 5 N–H and O–H groups in total. The van der Waals surface area contributed by atoms with Gasteiger partial charge in [-0.25, -0.2) is 9.59 Å². The number of ether oxygens (including phenoxy) is 6. The van der Waals surface area contributed by atoms with Crippen molar-refractivity contribution < 1.29 is 72.2 Å². The fourth-order valence-electron chi connectivity index (χ4n) is 10.6. The number of ketones is 1. The van der Waals surface area contributed by atoms with Gasteiger partial charge in [-0.1, -0.05) is 74.0 Å². The van der Waals surface area contributed by atoms with Crippen molar-refractivity contribution >= 4 is 53.1 Å². The maximum Gasteiger partial charge on any atom is 0.350 e. The fourth-order valence-corrected chi connectivity index (χ4v) is 10.7. The number of fused-ring (bicyclic) bond motifs is 5. The average molecular weight is 959 g/mol. The zero-order valence-corrected chi connectivity index (χ0v) is 39.2. The SMILES string of the molecule is CC(=O)O[C@H]1C(=O)[C@@]2(C)[C@H]([C@H](OC(=O)c3ccccc3)[C@]3(O)C[C@H](OC(=O)[C@H](OC(=O)CCN)[C@@H](NC(=O)c4ccc(Cl)cc4)c4ccccc4)C(C)=C1C3(C)C)[C@]1(OC(C)=O)CO[C@@H]1C[C@@H]2O. The van der Waals surface area contributed by atoms with Crippen LogP contribution in [0.25, 0.3) is 0 Å². The third kappa shape index (κ3) is 8.81. The minimum absolute atomic E-state index is 0.0431. The van der Waals surface area contributed by atoms with Crippen LogP contribution in [0.2, 0.25) is 5.02 Å². The Kier molecular flexibility index (Phi) is 14.1. The van der Waals surface area contributed by atoms with Crippen molar-refractivity contribution in [2.45, 2.75) is 115 Å². The normalized spacial score (nSPS) is 30.0. The summed E-state index contributed by atoms with van der Waals surface area (Å²) in [5.74, 6) is -8.00. The van der Waals surface area contributed by atoms with E-state index in [9.17, 15) is 34.2 Å². The van der Waals surface area contributed by atoms with E-state index in [1.165, 1.54) is 50.2 Å². The number of rotatable bonds is 13. The van der Waals surface area contributed by atoms with Crippen molar-refractivity contribution in [3.63, 3.8) is 0 Å². The molecule has 11 atom stereocenters. The standard InChI is InChI=1S/C50H55ClN2O15/c1-26-33(65-46(61)40(66-36(57)21-22-52)38(29-13-9-7-10-14-29)53-44(59)30-17-19-32(51)20-18-30)24-50(62)43(67-45(60)31-15-11-8-12-16-31)41-48(6,34(56)23-35-49(41,25-63-35)68-28(3)55)42(58)39(64-27(2)54)37(26)47(50,4)5/h7-20,33-35,38-41,43,56,62H,21-25,52H2,1-6H3,(H,53,59)/t33-,34-,35+,38-,39+,40+,41-,43-,48+,49-,50+/m0/s1. The van der Waals surface area contributed by atoms with Gasteiger partial charge in [-0.05, 0) is 67.0 Å². The van der Waals surface area contributed by atoms with Crippen molar-refractivity contribution in [3.8, 4) is 0 Å². The highest BCUT2D eigenvalue weighted by atomic mass is 35.5. The molecule has 3 fully saturated rings. The second-order valence-electron chi connectivity index (χ2n) is 18.5. The lowest BCUT2D eigenvalue weighted by molar-refractivity contribution is -0.346. The molecule has 362 valence electrons. The van der Waals surface area contributed by atoms with Crippen molar-refractivity contribution in [3.05, 3.63) is 118 Å². The van der Waals surface area contributed by atoms with E-state index in [4.69, 9.17) is 45.8 Å². The van der Waals surface area contributed by atoms with Crippen LogP contribution in [0.3, 0.4) is 0 Å². The van der Waals surface area contributed by atoms with Gasteiger partial charge in [0.15, 0.2) is 17.5 Å². The molecule has 1 saturated heterocycles. The predicted octanol–water partition coefficient (Wildman–Crippen LogP) is 4.29. The average Bonchev–Trinajstić information content (AvgIpc) is 3.29. The number of carbonyl (C=O) groups is 7. The number of carbonyl (C=O) groups excluding carboxylic acids is 7. The first-order chi connectivity index (χ1) is 32.1. The predicted molar refractivity (Wildman–Crippen MR) is 240 cm³/mol. The number of benzene rings is 3. The van der Waals surface area contributed by atoms with E-state index in [1.807, 2.05) is 0 Å². The quantitative estimate of drug-likeness (QED) is 0.106. The van der Waals surface area contributed by atoms with Crippen LogP contribution in [-0.4, -0.2) is 113 Å². The van der Waals surface area contributed by atoms with Gasteiger partial charge in [0.05, 0.1) is 36.0 Å². The Morgan fingerprint density at radius 1 is 0.882 bits per heavy atom. The number of aliphatic hydroxyl groups is 2. The molecule has 68 heavy (non-hydrogen) atoms. The van der Waals surface area contributed by atoms with E-state index < -0.39 is 119 Å². The Morgan fingerprint density at radius 2 is 1.51 bits per heavy atom. The van der Waals surface area contributed by atoms with E-state index in [0.717, 1.165) is 13.8 Å².